The molecule has 2 aromatic rings. The van der Waals surface area contributed by atoms with Crippen molar-refractivity contribution in [1.29, 1.82) is 0 Å². The summed E-state index contributed by atoms with van der Waals surface area (Å²) in [5, 5.41) is 0. The van der Waals surface area contributed by atoms with E-state index in [1.807, 2.05) is 12.1 Å². The van der Waals surface area contributed by atoms with Crippen LogP contribution in [0.1, 0.15) is 101 Å². The minimum Gasteiger partial charge on any atom is -0.206 e. The largest absolute Gasteiger partial charge is 0.206 e. The molecule has 0 spiro atoms. The molecule has 30 heavy (non-hydrogen) atoms. The zero-order valence-electron chi connectivity index (χ0n) is 18.6. The van der Waals surface area contributed by atoms with Crippen molar-refractivity contribution in [1.82, 2.24) is 0 Å². The highest BCUT2D eigenvalue weighted by molar-refractivity contribution is 5.66. The van der Waals surface area contributed by atoms with E-state index in [-0.39, 0.29) is 11.6 Å². The molecule has 0 saturated heterocycles. The molecule has 0 amide bonds. The van der Waals surface area contributed by atoms with E-state index in [4.69, 9.17) is 0 Å². The van der Waals surface area contributed by atoms with E-state index in [0.717, 1.165) is 48.6 Å². The molecule has 162 valence electrons. The van der Waals surface area contributed by atoms with Gasteiger partial charge in [0.25, 0.3) is 0 Å². The van der Waals surface area contributed by atoms with Crippen LogP contribution in [-0.4, -0.2) is 0 Å². The van der Waals surface area contributed by atoms with E-state index in [1.54, 1.807) is 24.3 Å². The van der Waals surface area contributed by atoms with Gasteiger partial charge >= 0.3 is 0 Å². The van der Waals surface area contributed by atoms with E-state index in [2.05, 4.69) is 13.8 Å². The van der Waals surface area contributed by atoms with Gasteiger partial charge in [0.2, 0.25) is 0 Å². The van der Waals surface area contributed by atoms with Crippen LogP contribution in [0.25, 0.3) is 11.1 Å². The monoisotopic (exact) mass is 410 g/mol. The minimum atomic E-state index is -0.291. The van der Waals surface area contributed by atoms with Crippen LogP contribution in [0.15, 0.2) is 36.4 Å². The normalized spacial score (nSPS) is 27.2. The van der Waals surface area contributed by atoms with Gasteiger partial charge < -0.3 is 0 Å². The van der Waals surface area contributed by atoms with Crippen molar-refractivity contribution >= 4 is 0 Å². The van der Waals surface area contributed by atoms with Gasteiger partial charge in [-0.2, -0.15) is 0 Å². The lowest BCUT2D eigenvalue weighted by Crippen LogP contribution is -2.13. The lowest BCUT2D eigenvalue weighted by Gasteiger charge is -2.28. The van der Waals surface area contributed by atoms with Crippen LogP contribution in [-0.2, 0) is 0 Å². The molecule has 0 heterocycles. The summed E-state index contributed by atoms with van der Waals surface area (Å²) < 4.78 is 30.0. The first-order valence-corrected chi connectivity index (χ1v) is 12.2. The predicted molar refractivity (Wildman–Crippen MR) is 122 cm³/mol. The quantitative estimate of drug-likeness (QED) is 0.461. The van der Waals surface area contributed by atoms with Gasteiger partial charge in [-0.15, -0.1) is 0 Å². The highest BCUT2D eigenvalue weighted by Gasteiger charge is 2.24. The van der Waals surface area contributed by atoms with E-state index < -0.39 is 0 Å². The van der Waals surface area contributed by atoms with Gasteiger partial charge in [0.1, 0.15) is 11.6 Å². The Kier molecular flexibility index (Phi) is 6.91. The van der Waals surface area contributed by atoms with Crippen LogP contribution in [0.2, 0.25) is 0 Å². The zero-order valence-corrected chi connectivity index (χ0v) is 18.6. The Labute approximate surface area is 181 Å². The van der Waals surface area contributed by atoms with E-state index in [0.29, 0.717) is 23.0 Å². The molecular weight excluding hydrogens is 374 g/mol. The van der Waals surface area contributed by atoms with Crippen LogP contribution < -0.4 is 0 Å². The van der Waals surface area contributed by atoms with Gasteiger partial charge in [0, 0.05) is 11.1 Å². The summed E-state index contributed by atoms with van der Waals surface area (Å²) in [6.45, 7) is 4.52. The van der Waals surface area contributed by atoms with Crippen LogP contribution in [0.4, 0.5) is 8.78 Å². The zero-order chi connectivity index (χ0) is 21.1. The summed E-state index contributed by atoms with van der Waals surface area (Å²) in [7, 11) is 0. The Balaban J connectivity index is 1.49. The topological polar surface area (TPSA) is 0 Å². The fourth-order valence-electron chi connectivity index (χ4n) is 5.82. The highest BCUT2D eigenvalue weighted by Crippen LogP contribution is 2.40. The van der Waals surface area contributed by atoms with Gasteiger partial charge in [-0.25, -0.2) is 8.78 Å². The van der Waals surface area contributed by atoms with Crippen LogP contribution in [0.5, 0.6) is 0 Å². The summed E-state index contributed by atoms with van der Waals surface area (Å²) in [6, 6.07) is 10.9. The van der Waals surface area contributed by atoms with Crippen molar-refractivity contribution in [3.05, 3.63) is 59.2 Å². The molecular formula is C28H36F2. The first kappa shape index (κ1) is 21.5. The fourth-order valence-corrected chi connectivity index (χ4v) is 5.82. The molecule has 0 aliphatic heterocycles. The van der Waals surface area contributed by atoms with Gasteiger partial charge in [-0.05, 0) is 98.3 Å². The standard InChI is InChI=1S/C28H36F2/c1-3-19-5-9-21(10-6-19)23-13-15-25(27(29)17-23)26-16-14-24(18-28(26)30)22-11-7-20(4-2)8-12-22/h13-22H,3-12H2,1-2H3. The van der Waals surface area contributed by atoms with Crippen molar-refractivity contribution in [3.63, 3.8) is 0 Å². The van der Waals surface area contributed by atoms with E-state index >= 15 is 0 Å². The summed E-state index contributed by atoms with van der Waals surface area (Å²) in [4.78, 5) is 0. The van der Waals surface area contributed by atoms with Crippen molar-refractivity contribution < 1.29 is 8.78 Å². The molecule has 2 heteroatoms. The molecule has 0 atom stereocenters. The van der Waals surface area contributed by atoms with Gasteiger partial charge in [-0.1, -0.05) is 51.0 Å². The highest BCUT2D eigenvalue weighted by atomic mass is 19.1. The van der Waals surface area contributed by atoms with Gasteiger partial charge in [0.05, 0.1) is 0 Å². The number of halogens is 2. The molecule has 0 aromatic heterocycles. The number of hydrogen-bond donors (Lipinski definition) is 0. The molecule has 0 radical (unpaired) electrons. The number of hydrogen-bond acceptors (Lipinski definition) is 0. The van der Waals surface area contributed by atoms with Crippen LogP contribution in [0, 0.1) is 23.5 Å². The third kappa shape index (κ3) is 4.63. The Morgan fingerprint density at radius 2 is 0.967 bits per heavy atom. The minimum absolute atomic E-state index is 0.291. The Hall–Kier alpha value is -1.70. The van der Waals surface area contributed by atoms with Crippen molar-refractivity contribution in [2.45, 2.75) is 89.9 Å². The number of rotatable bonds is 5. The smallest absolute Gasteiger partial charge is 0.131 e. The maximum Gasteiger partial charge on any atom is 0.131 e. The second-order valence-electron chi connectivity index (χ2n) is 9.73. The van der Waals surface area contributed by atoms with Crippen molar-refractivity contribution in [2.75, 3.05) is 0 Å². The summed E-state index contributed by atoms with van der Waals surface area (Å²) in [5.74, 6) is 1.97. The maximum atomic E-state index is 15.0. The second kappa shape index (κ2) is 9.62. The fraction of sp³-hybridized carbons (Fsp3) is 0.571. The van der Waals surface area contributed by atoms with E-state index in [9.17, 15) is 8.78 Å². The van der Waals surface area contributed by atoms with Crippen molar-refractivity contribution in [2.24, 2.45) is 11.8 Å². The third-order valence-electron chi connectivity index (χ3n) is 8.07. The van der Waals surface area contributed by atoms with E-state index in [1.165, 1.54) is 38.5 Å². The lowest BCUT2D eigenvalue weighted by molar-refractivity contribution is 0.318. The average Bonchev–Trinajstić information content (AvgIpc) is 2.79. The molecule has 0 unspecified atom stereocenters. The predicted octanol–water partition coefficient (Wildman–Crippen LogP) is 9.00. The molecule has 2 fully saturated rings. The average molecular weight is 411 g/mol. The van der Waals surface area contributed by atoms with Crippen LogP contribution >= 0.6 is 0 Å². The summed E-state index contributed by atoms with van der Waals surface area (Å²) >= 11 is 0. The third-order valence-corrected chi connectivity index (χ3v) is 8.07. The lowest BCUT2D eigenvalue weighted by atomic mass is 9.77. The maximum absolute atomic E-state index is 15.0. The summed E-state index contributed by atoms with van der Waals surface area (Å²) in [5.41, 5.74) is 2.94. The molecule has 2 aromatic carbocycles. The first-order valence-electron chi connectivity index (χ1n) is 12.2. The Morgan fingerprint density at radius 1 is 0.600 bits per heavy atom. The second-order valence-corrected chi connectivity index (χ2v) is 9.73. The Morgan fingerprint density at radius 3 is 1.27 bits per heavy atom. The molecule has 2 aliphatic carbocycles. The SMILES string of the molecule is CCC1CCC(c2ccc(-c3ccc(C4CCC(CC)CC4)cc3F)c(F)c2)CC1. The van der Waals surface area contributed by atoms with Gasteiger partial charge in [0.15, 0.2) is 0 Å². The number of benzene rings is 2. The van der Waals surface area contributed by atoms with Gasteiger partial charge in [-0.3, -0.25) is 0 Å². The molecule has 0 nitrogen and oxygen atoms in total. The molecule has 4 rings (SSSR count). The molecule has 2 saturated carbocycles. The molecule has 2 aliphatic rings. The van der Waals surface area contributed by atoms with Crippen molar-refractivity contribution in [3.8, 4) is 11.1 Å². The molecule has 0 bridgehead atoms. The summed E-state index contributed by atoms with van der Waals surface area (Å²) in [6.07, 6.45) is 12.0. The van der Waals surface area contributed by atoms with Crippen LogP contribution in [0.3, 0.4) is 0 Å². The molecule has 0 N–H and O–H groups in total. The Bertz CT molecular complexity index is 768. The first-order chi connectivity index (χ1) is 14.6.